The smallest absolute Gasteiger partial charge is 0.244 e. The van der Waals surface area contributed by atoms with Crippen LogP contribution in [0.5, 0.6) is 17.2 Å². The zero-order valence-corrected chi connectivity index (χ0v) is 16.6. The molecule has 7 heteroatoms. The summed E-state index contributed by atoms with van der Waals surface area (Å²) < 4.78 is 18.0. The number of imidazole rings is 1. The highest BCUT2D eigenvalue weighted by atomic mass is 16.5. The number of benzene rings is 2. The Hall–Kier alpha value is -3.74. The Morgan fingerprint density at radius 2 is 1.79 bits per heavy atom. The van der Waals surface area contributed by atoms with Crippen molar-refractivity contribution in [1.82, 2.24) is 14.9 Å². The molecule has 0 unspecified atom stereocenters. The average Bonchev–Trinajstić information content (AvgIpc) is 3.30. The molecule has 0 bridgehead atoms. The monoisotopic (exact) mass is 393 g/mol. The van der Waals surface area contributed by atoms with Crippen LogP contribution in [0.2, 0.25) is 0 Å². The van der Waals surface area contributed by atoms with E-state index in [4.69, 9.17) is 14.2 Å². The van der Waals surface area contributed by atoms with Crippen molar-refractivity contribution in [2.75, 3.05) is 21.3 Å². The molecule has 3 aromatic rings. The lowest BCUT2D eigenvalue weighted by molar-refractivity contribution is -0.116. The fraction of sp³-hybridized carbons (Fsp3) is 0.182. The molecule has 1 N–H and O–H groups in total. The fourth-order valence-electron chi connectivity index (χ4n) is 2.87. The highest BCUT2D eigenvalue weighted by molar-refractivity contribution is 5.92. The van der Waals surface area contributed by atoms with Crippen LogP contribution in [0.25, 0.3) is 11.8 Å². The molecule has 150 valence electrons. The van der Waals surface area contributed by atoms with Crippen molar-refractivity contribution in [2.45, 2.75) is 6.54 Å². The van der Waals surface area contributed by atoms with Crippen LogP contribution in [0, 0.1) is 0 Å². The largest absolute Gasteiger partial charge is 0.493 e. The van der Waals surface area contributed by atoms with Crippen LogP contribution in [-0.4, -0.2) is 36.8 Å². The Bertz CT molecular complexity index is 980. The Morgan fingerprint density at radius 3 is 2.41 bits per heavy atom. The minimum atomic E-state index is -0.208. The van der Waals surface area contributed by atoms with Crippen LogP contribution >= 0.6 is 0 Å². The van der Waals surface area contributed by atoms with Crippen molar-refractivity contribution >= 4 is 12.0 Å². The molecule has 3 rings (SSSR count). The molecule has 0 fully saturated rings. The molecule has 0 saturated heterocycles. The van der Waals surface area contributed by atoms with E-state index in [9.17, 15) is 4.79 Å². The van der Waals surface area contributed by atoms with Gasteiger partial charge < -0.3 is 24.1 Å². The van der Waals surface area contributed by atoms with Crippen molar-refractivity contribution < 1.29 is 19.0 Å². The maximum Gasteiger partial charge on any atom is 0.244 e. The lowest BCUT2D eigenvalue weighted by Gasteiger charge is -2.14. The Labute approximate surface area is 169 Å². The average molecular weight is 393 g/mol. The predicted octanol–water partition coefficient (Wildman–Crippen LogP) is 3.23. The molecule has 2 aromatic carbocycles. The number of hydrogen-bond acceptors (Lipinski definition) is 5. The summed E-state index contributed by atoms with van der Waals surface area (Å²) in [6.45, 7) is 0.427. The summed E-state index contributed by atoms with van der Waals surface area (Å²) in [7, 11) is 4.64. The highest BCUT2D eigenvalue weighted by Crippen LogP contribution is 2.40. The normalized spacial score (nSPS) is 10.7. The lowest BCUT2D eigenvalue weighted by Crippen LogP contribution is -2.20. The van der Waals surface area contributed by atoms with Gasteiger partial charge in [-0.3, -0.25) is 4.79 Å². The first-order valence-electron chi connectivity index (χ1n) is 8.98. The Balaban J connectivity index is 1.63. The fourth-order valence-corrected chi connectivity index (χ4v) is 2.87. The molecular formula is C22H23N3O4. The van der Waals surface area contributed by atoms with E-state index in [1.807, 2.05) is 35.0 Å². The number of carbonyl (C=O) groups excluding carboxylic acids is 1. The Morgan fingerprint density at radius 1 is 1.03 bits per heavy atom. The molecule has 29 heavy (non-hydrogen) atoms. The number of hydrogen-bond donors (Lipinski definition) is 1. The molecule has 1 amide bonds. The summed E-state index contributed by atoms with van der Waals surface area (Å²) in [6.07, 6.45) is 8.49. The molecule has 0 spiro atoms. The van der Waals surface area contributed by atoms with Gasteiger partial charge >= 0.3 is 0 Å². The first kappa shape index (κ1) is 20.0. The molecule has 1 aromatic heterocycles. The van der Waals surface area contributed by atoms with Crippen LogP contribution in [0.1, 0.15) is 11.1 Å². The number of nitrogens with one attached hydrogen (secondary N) is 1. The maximum absolute atomic E-state index is 12.2. The molecule has 0 aliphatic heterocycles. The first-order valence-corrected chi connectivity index (χ1v) is 8.98. The van der Waals surface area contributed by atoms with E-state index in [0.29, 0.717) is 29.4 Å². The topological polar surface area (TPSA) is 74.6 Å². The van der Waals surface area contributed by atoms with Gasteiger partial charge in [0.1, 0.15) is 0 Å². The van der Waals surface area contributed by atoms with Crippen molar-refractivity contribution in [3.8, 4) is 22.9 Å². The van der Waals surface area contributed by atoms with Gasteiger partial charge in [0.2, 0.25) is 11.7 Å². The number of carbonyl (C=O) groups is 1. The minimum absolute atomic E-state index is 0.208. The minimum Gasteiger partial charge on any atom is -0.493 e. The summed E-state index contributed by atoms with van der Waals surface area (Å²) in [6, 6.07) is 11.5. The quantitative estimate of drug-likeness (QED) is 0.595. The molecule has 0 atom stereocenters. The third kappa shape index (κ3) is 4.76. The van der Waals surface area contributed by atoms with Crippen LogP contribution in [-0.2, 0) is 11.3 Å². The zero-order chi connectivity index (χ0) is 20.6. The third-order valence-corrected chi connectivity index (χ3v) is 4.35. The Kier molecular flexibility index (Phi) is 6.52. The number of rotatable bonds is 8. The van der Waals surface area contributed by atoms with Gasteiger partial charge in [-0.15, -0.1) is 0 Å². The summed E-state index contributed by atoms with van der Waals surface area (Å²) in [4.78, 5) is 16.2. The highest BCUT2D eigenvalue weighted by Gasteiger charge is 2.14. The van der Waals surface area contributed by atoms with Crippen molar-refractivity contribution in [3.63, 3.8) is 0 Å². The molecule has 0 saturated carbocycles. The maximum atomic E-state index is 12.2. The van der Waals surface area contributed by atoms with Crippen LogP contribution in [0.4, 0.5) is 0 Å². The van der Waals surface area contributed by atoms with E-state index in [-0.39, 0.29) is 5.91 Å². The number of ether oxygens (including phenoxy) is 3. The first-order chi connectivity index (χ1) is 14.2. The zero-order valence-electron chi connectivity index (χ0n) is 16.6. The number of methoxy groups -OCH3 is 3. The van der Waals surface area contributed by atoms with Gasteiger partial charge in [0.15, 0.2) is 11.5 Å². The van der Waals surface area contributed by atoms with Crippen LogP contribution in [0.3, 0.4) is 0 Å². The van der Waals surface area contributed by atoms with E-state index in [2.05, 4.69) is 10.3 Å². The molecular weight excluding hydrogens is 370 g/mol. The summed E-state index contributed by atoms with van der Waals surface area (Å²) >= 11 is 0. The molecule has 0 aliphatic carbocycles. The van der Waals surface area contributed by atoms with Gasteiger partial charge in [0.05, 0.1) is 27.7 Å². The number of nitrogens with zero attached hydrogens (tertiary/aromatic N) is 2. The number of amides is 1. The molecule has 0 radical (unpaired) electrons. The second-order valence-corrected chi connectivity index (χ2v) is 6.11. The van der Waals surface area contributed by atoms with Gasteiger partial charge in [-0.1, -0.05) is 12.1 Å². The van der Waals surface area contributed by atoms with Gasteiger partial charge in [-0.05, 0) is 35.9 Å². The van der Waals surface area contributed by atoms with E-state index in [1.165, 1.54) is 6.08 Å². The van der Waals surface area contributed by atoms with Crippen molar-refractivity contribution in [1.29, 1.82) is 0 Å². The predicted molar refractivity (Wildman–Crippen MR) is 111 cm³/mol. The SMILES string of the molecule is COc1ccc(/C=C/C(=O)NCc2ccc(-n3ccnc3)cc2)c(OC)c1OC. The molecule has 0 aliphatic rings. The lowest BCUT2D eigenvalue weighted by atomic mass is 10.1. The van der Waals surface area contributed by atoms with E-state index in [1.54, 1.807) is 52.1 Å². The van der Waals surface area contributed by atoms with Crippen LogP contribution < -0.4 is 19.5 Å². The third-order valence-electron chi connectivity index (χ3n) is 4.35. The van der Waals surface area contributed by atoms with Crippen molar-refractivity contribution in [2.24, 2.45) is 0 Å². The number of aromatic nitrogens is 2. The second-order valence-electron chi connectivity index (χ2n) is 6.11. The summed E-state index contributed by atoms with van der Waals surface area (Å²) in [5.74, 6) is 1.34. The summed E-state index contributed by atoms with van der Waals surface area (Å²) in [5.41, 5.74) is 2.72. The van der Waals surface area contributed by atoms with Gasteiger partial charge in [0, 0.05) is 36.3 Å². The van der Waals surface area contributed by atoms with E-state index >= 15 is 0 Å². The molecule has 7 nitrogen and oxygen atoms in total. The van der Waals surface area contributed by atoms with Crippen LogP contribution in [0.15, 0.2) is 61.2 Å². The van der Waals surface area contributed by atoms with Gasteiger partial charge in [-0.2, -0.15) is 0 Å². The van der Waals surface area contributed by atoms with Gasteiger partial charge in [0.25, 0.3) is 0 Å². The van der Waals surface area contributed by atoms with Crippen molar-refractivity contribution in [3.05, 3.63) is 72.3 Å². The molecule has 1 heterocycles. The van der Waals surface area contributed by atoms with E-state index < -0.39 is 0 Å². The second kappa shape index (κ2) is 9.45. The summed E-state index contributed by atoms with van der Waals surface area (Å²) in [5, 5.41) is 2.87. The standard InChI is InChI=1S/C22H23N3O4/c1-27-19-10-6-17(21(28-2)22(19)29-3)7-11-20(26)24-14-16-4-8-18(9-5-16)25-13-12-23-15-25/h4-13,15H,14H2,1-3H3,(H,24,26)/b11-7+. The van der Waals surface area contributed by atoms with E-state index in [0.717, 1.165) is 11.3 Å². The van der Waals surface area contributed by atoms with Gasteiger partial charge in [-0.25, -0.2) is 4.98 Å².